The van der Waals surface area contributed by atoms with Crippen LogP contribution in [0.1, 0.15) is 12.0 Å². The maximum absolute atomic E-state index is 11.9. The molecule has 1 amide bonds. The van der Waals surface area contributed by atoms with Gasteiger partial charge < -0.3 is 14.9 Å². The molecule has 1 aromatic rings. The highest BCUT2D eigenvalue weighted by molar-refractivity contribution is 5.80. The van der Waals surface area contributed by atoms with Crippen molar-refractivity contribution >= 4 is 17.7 Å². The lowest BCUT2D eigenvalue weighted by molar-refractivity contribution is -0.384. The molecule has 0 aromatic heterocycles. The van der Waals surface area contributed by atoms with Gasteiger partial charge in [0.25, 0.3) is 5.69 Å². The first-order valence-electron chi connectivity index (χ1n) is 6.46. The molecule has 9 heteroatoms. The number of carbonyl (C=O) groups is 2. The molecule has 2 atom stereocenters. The van der Waals surface area contributed by atoms with Crippen LogP contribution in [0, 0.1) is 10.1 Å². The Morgan fingerprint density at radius 3 is 2.55 bits per heavy atom. The van der Waals surface area contributed by atoms with E-state index < -0.39 is 29.1 Å². The number of nitro benzene ring substituents is 1. The highest BCUT2D eigenvalue weighted by Gasteiger charge is 2.39. The van der Waals surface area contributed by atoms with Gasteiger partial charge in [-0.25, -0.2) is 9.59 Å². The van der Waals surface area contributed by atoms with E-state index in [1.807, 2.05) is 0 Å². The normalized spacial score (nSPS) is 20.7. The largest absolute Gasteiger partial charge is 0.480 e. The van der Waals surface area contributed by atoms with Crippen LogP contribution < -0.4 is 0 Å². The Labute approximate surface area is 124 Å². The topological polar surface area (TPSA) is 130 Å². The van der Waals surface area contributed by atoms with Gasteiger partial charge in [0.2, 0.25) is 0 Å². The van der Waals surface area contributed by atoms with Crippen molar-refractivity contribution in [3.05, 3.63) is 39.9 Å². The molecule has 2 rings (SSSR count). The minimum Gasteiger partial charge on any atom is -0.480 e. The van der Waals surface area contributed by atoms with E-state index in [0.29, 0.717) is 5.56 Å². The lowest BCUT2D eigenvalue weighted by Crippen LogP contribution is -2.40. The number of amides is 1. The number of carbonyl (C=O) groups excluding carboxylic acids is 1. The van der Waals surface area contributed by atoms with E-state index in [1.54, 1.807) is 0 Å². The summed E-state index contributed by atoms with van der Waals surface area (Å²) in [6.07, 6.45) is -1.78. The highest BCUT2D eigenvalue weighted by Crippen LogP contribution is 2.20. The molecular formula is C13H14N2O7. The number of carboxylic acid groups (broad SMARTS) is 1. The number of ether oxygens (including phenoxy) is 1. The first-order chi connectivity index (χ1) is 10.4. The average molecular weight is 310 g/mol. The summed E-state index contributed by atoms with van der Waals surface area (Å²) in [5, 5.41) is 29.0. The number of benzene rings is 1. The Morgan fingerprint density at radius 2 is 2.00 bits per heavy atom. The molecule has 1 saturated heterocycles. The van der Waals surface area contributed by atoms with Crippen molar-refractivity contribution in [1.29, 1.82) is 0 Å². The first kappa shape index (κ1) is 15.7. The second-order valence-electron chi connectivity index (χ2n) is 4.87. The van der Waals surface area contributed by atoms with Gasteiger partial charge in [0.05, 0.1) is 17.6 Å². The van der Waals surface area contributed by atoms with E-state index in [0.717, 1.165) is 4.90 Å². The van der Waals surface area contributed by atoms with Gasteiger partial charge in [0, 0.05) is 18.6 Å². The van der Waals surface area contributed by atoms with Gasteiger partial charge in [-0.3, -0.25) is 15.0 Å². The SMILES string of the molecule is O=C(O)[C@@H]1C[C@@H](O)CN1C(=O)OCc1ccc([N+](=O)[O-])cc1. The van der Waals surface area contributed by atoms with Crippen LogP contribution in [0.15, 0.2) is 24.3 Å². The second-order valence-corrected chi connectivity index (χ2v) is 4.87. The lowest BCUT2D eigenvalue weighted by atomic mass is 10.2. The van der Waals surface area contributed by atoms with E-state index in [4.69, 9.17) is 9.84 Å². The molecule has 9 nitrogen and oxygen atoms in total. The fourth-order valence-electron chi connectivity index (χ4n) is 2.19. The number of aliphatic hydroxyl groups is 1. The Hall–Kier alpha value is -2.68. The molecule has 0 bridgehead atoms. The van der Waals surface area contributed by atoms with E-state index in [1.165, 1.54) is 24.3 Å². The zero-order valence-electron chi connectivity index (χ0n) is 11.4. The van der Waals surface area contributed by atoms with Crippen molar-refractivity contribution < 1.29 is 29.5 Å². The number of hydrogen-bond acceptors (Lipinski definition) is 6. The number of rotatable bonds is 4. The summed E-state index contributed by atoms with van der Waals surface area (Å²) in [5.41, 5.74) is 0.453. The molecular weight excluding hydrogens is 296 g/mol. The quantitative estimate of drug-likeness (QED) is 0.619. The summed E-state index contributed by atoms with van der Waals surface area (Å²) in [4.78, 5) is 33.8. The van der Waals surface area contributed by atoms with Crippen LogP contribution >= 0.6 is 0 Å². The molecule has 0 radical (unpaired) electrons. The zero-order chi connectivity index (χ0) is 16.3. The van der Waals surface area contributed by atoms with Crippen LogP contribution in [0.4, 0.5) is 10.5 Å². The summed E-state index contributed by atoms with van der Waals surface area (Å²) >= 11 is 0. The Balaban J connectivity index is 1.94. The maximum atomic E-state index is 11.9. The van der Waals surface area contributed by atoms with Crippen LogP contribution in [-0.2, 0) is 16.1 Å². The van der Waals surface area contributed by atoms with E-state index >= 15 is 0 Å². The van der Waals surface area contributed by atoms with Crippen molar-refractivity contribution in [2.75, 3.05) is 6.54 Å². The summed E-state index contributed by atoms with van der Waals surface area (Å²) in [6, 6.07) is 4.34. The monoisotopic (exact) mass is 310 g/mol. The van der Waals surface area contributed by atoms with Crippen LogP contribution in [0.25, 0.3) is 0 Å². The molecule has 1 fully saturated rings. The minimum absolute atomic E-state index is 0.0397. The molecule has 1 aliphatic rings. The number of nitrogens with zero attached hydrogens (tertiary/aromatic N) is 2. The Bertz CT molecular complexity index is 587. The molecule has 0 aliphatic carbocycles. The predicted octanol–water partition coefficient (Wildman–Crippen LogP) is 0.751. The van der Waals surface area contributed by atoms with Crippen molar-refractivity contribution in [2.45, 2.75) is 25.2 Å². The molecule has 1 aromatic carbocycles. The average Bonchev–Trinajstić information content (AvgIpc) is 2.87. The highest BCUT2D eigenvalue weighted by atomic mass is 16.6. The molecule has 118 valence electrons. The molecule has 2 N–H and O–H groups in total. The van der Waals surface area contributed by atoms with Crippen molar-refractivity contribution in [3.63, 3.8) is 0 Å². The van der Waals surface area contributed by atoms with Crippen molar-refractivity contribution in [1.82, 2.24) is 4.90 Å². The third kappa shape index (κ3) is 3.50. The number of carboxylic acids is 1. The Kier molecular flexibility index (Phi) is 4.56. The number of hydrogen-bond donors (Lipinski definition) is 2. The van der Waals surface area contributed by atoms with Gasteiger partial charge in [-0.15, -0.1) is 0 Å². The zero-order valence-corrected chi connectivity index (χ0v) is 11.4. The third-order valence-electron chi connectivity index (χ3n) is 3.31. The van der Waals surface area contributed by atoms with Crippen LogP contribution in [0.2, 0.25) is 0 Å². The standard InChI is InChI=1S/C13H14N2O7/c16-10-5-11(12(17)18)14(6-10)13(19)22-7-8-1-3-9(4-2-8)15(20)21/h1-4,10-11,16H,5-7H2,(H,17,18)/t10-,11+/m1/s1. The van der Waals surface area contributed by atoms with Gasteiger partial charge in [-0.05, 0) is 17.7 Å². The Morgan fingerprint density at radius 1 is 1.36 bits per heavy atom. The summed E-state index contributed by atoms with van der Waals surface area (Å²) in [7, 11) is 0. The van der Waals surface area contributed by atoms with E-state index in [2.05, 4.69) is 0 Å². The summed E-state index contributed by atoms with van der Waals surface area (Å²) < 4.78 is 4.98. The van der Waals surface area contributed by atoms with E-state index in [9.17, 15) is 24.8 Å². The summed E-state index contributed by atoms with van der Waals surface area (Å²) in [5.74, 6) is -1.20. The molecule has 0 unspecified atom stereocenters. The van der Waals surface area contributed by atoms with Gasteiger partial charge in [-0.2, -0.15) is 0 Å². The maximum Gasteiger partial charge on any atom is 0.410 e. The van der Waals surface area contributed by atoms with Crippen LogP contribution in [0.5, 0.6) is 0 Å². The van der Waals surface area contributed by atoms with Crippen molar-refractivity contribution in [3.8, 4) is 0 Å². The number of non-ortho nitro benzene ring substituents is 1. The van der Waals surface area contributed by atoms with Gasteiger partial charge in [-0.1, -0.05) is 0 Å². The number of nitro groups is 1. The predicted molar refractivity (Wildman–Crippen MR) is 72.0 cm³/mol. The molecule has 1 heterocycles. The van der Waals surface area contributed by atoms with Gasteiger partial charge in [0.1, 0.15) is 12.6 Å². The lowest BCUT2D eigenvalue weighted by Gasteiger charge is -2.20. The minimum atomic E-state index is -1.20. The number of aliphatic carboxylic acids is 1. The number of β-amino-alcohol motifs (C(OH)–C–C–N with tert-alkyl or cyclic N) is 1. The van der Waals surface area contributed by atoms with Crippen LogP contribution in [0.3, 0.4) is 0 Å². The molecule has 0 saturated carbocycles. The fourth-order valence-corrected chi connectivity index (χ4v) is 2.19. The van der Waals surface area contributed by atoms with Gasteiger partial charge >= 0.3 is 12.1 Å². The van der Waals surface area contributed by atoms with Crippen LogP contribution in [-0.4, -0.2) is 50.8 Å². The summed E-state index contributed by atoms with van der Waals surface area (Å²) in [6.45, 7) is -0.244. The molecule has 1 aliphatic heterocycles. The smallest absolute Gasteiger partial charge is 0.410 e. The number of aliphatic hydroxyl groups excluding tert-OH is 1. The molecule has 0 spiro atoms. The second kappa shape index (κ2) is 6.39. The fraction of sp³-hybridized carbons (Fsp3) is 0.385. The van der Waals surface area contributed by atoms with Crippen molar-refractivity contribution in [2.24, 2.45) is 0 Å². The third-order valence-corrected chi connectivity index (χ3v) is 3.31. The molecule has 22 heavy (non-hydrogen) atoms. The first-order valence-corrected chi connectivity index (χ1v) is 6.46. The van der Waals surface area contributed by atoms with E-state index in [-0.39, 0.29) is 25.3 Å². The van der Waals surface area contributed by atoms with Gasteiger partial charge in [0.15, 0.2) is 0 Å². The number of likely N-dealkylation sites (tertiary alicyclic amines) is 1.